The van der Waals surface area contributed by atoms with Crippen LogP contribution in [0.4, 0.5) is 5.69 Å². The maximum absolute atomic E-state index is 12.5. The zero-order valence-electron chi connectivity index (χ0n) is 14.8. The summed E-state index contributed by atoms with van der Waals surface area (Å²) in [5, 5.41) is 8.58. The van der Waals surface area contributed by atoms with Crippen LogP contribution in [0.3, 0.4) is 0 Å². The maximum atomic E-state index is 12.5. The van der Waals surface area contributed by atoms with Gasteiger partial charge in [-0.1, -0.05) is 12.1 Å². The molecule has 2 saturated heterocycles. The van der Waals surface area contributed by atoms with Crippen LogP contribution in [-0.4, -0.2) is 36.4 Å². The first-order chi connectivity index (χ1) is 12.1. The number of nitrogens with one attached hydrogen (secondary N) is 3. The Morgan fingerprint density at radius 1 is 1.12 bits per heavy atom. The van der Waals surface area contributed by atoms with E-state index in [1.54, 1.807) is 0 Å². The van der Waals surface area contributed by atoms with Crippen molar-refractivity contribution in [2.24, 2.45) is 0 Å². The molecule has 3 aliphatic heterocycles. The largest absolute Gasteiger partial charge is 0.324 e. The third kappa shape index (κ3) is 2.56. The number of carbonyl (C=O) groups excluding carboxylic acids is 1. The summed E-state index contributed by atoms with van der Waals surface area (Å²) in [6, 6.07) is 4.61. The van der Waals surface area contributed by atoms with E-state index in [1.807, 2.05) is 11.2 Å². The summed E-state index contributed by atoms with van der Waals surface area (Å²) in [6.07, 6.45) is 5.55. The van der Waals surface area contributed by atoms with Crippen molar-refractivity contribution in [3.05, 3.63) is 40.6 Å². The second-order valence-corrected chi connectivity index (χ2v) is 7.73. The van der Waals surface area contributed by atoms with Gasteiger partial charge in [-0.25, -0.2) is 5.43 Å². The normalized spacial score (nSPS) is 29.1. The molecule has 1 saturated carbocycles. The third-order valence-electron chi connectivity index (χ3n) is 5.76. The van der Waals surface area contributed by atoms with Crippen LogP contribution in [-0.2, 0) is 4.79 Å². The number of rotatable bonds is 3. The molecule has 3 fully saturated rings. The Kier molecular flexibility index (Phi) is 3.42. The molecule has 2 atom stereocenters. The van der Waals surface area contributed by atoms with Crippen molar-refractivity contribution < 1.29 is 4.79 Å². The summed E-state index contributed by atoms with van der Waals surface area (Å²) >= 11 is 0. The van der Waals surface area contributed by atoms with Crippen LogP contribution < -0.4 is 21.1 Å². The van der Waals surface area contributed by atoms with Gasteiger partial charge in [-0.2, -0.15) is 0 Å². The fourth-order valence-corrected chi connectivity index (χ4v) is 4.13. The van der Waals surface area contributed by atoms with Gasteiger partial charge in [-0.3, -0.25) is 20.0 Å². The second kappa shape index (κ2) is 5.56. The van der Waals surface area contributed by atoms with Crippen molar-refractivity contribution >= 4 is 11.6 Å². The predicted octanol–water partition coefficient (Wildman–Crippen LogP) is 1.42. The highest BCUT2D eigenvalue weighted by Gasteiger charge is 2.39. The first-order valence-electron chi connectivity index (χ1n) is 9.29. The molecule has 0 radical (unpaired) electrons. The molecule has 6 heteroatoms. The summed E-state index contributed by atoms with van der Waals surface area (Å²) in [7, 11) is 0. The highest BCUT2D eigenvalue weighted by atomic mass is 16.2. The van der Waals surface area contributed by atoms with Gasteiger partial charge in [0.1, 0.15) is 12.5 Å². The Balaban J connectivity index is 1.41. The summed E-state index contributed by atoms with van der Waals surface area (Å²) in [6.45, 7) is 6.39. The van der Waals surface area contributed by atoms with E-state index in [0.29, 0.717) is 0 Å². The Bertz CT molecular complexity index is 742. The number of aryl methyl sites for hydroxylation is 2. The third-order valence-corrected chi connectivity index (χ3v) is 5.76. The lowest BCUT2D eigenvalue weighted by Gasteiger charge is -2.42. The van der Waals surface area contributed by atoms with Gasteiger partial charge in [0.15, 0.2) is 0 Å². The van der Waals surface area contributed by atoms with E-state index < -0.39 is 0 Å². The Labute approximate surface area is 148 Å². The standard InChI is InChI=1S/C19H25N5O/c1-11-8-14(13-4-5-13)9-12(2)16(11)24-10-15-17(22-24)20-19(21-18(15)25)23-6-3-7-23/h8-10,13,17,19-20,22H,3-7H2,1-2H3,(H,21,25). The van der Waals surface area contributed by atoms with E-state index in [-0.39, 0.29) is 18.4 Å². The summed E-state index contributed by atoms with van der Waals surface area (Å²) in [5.74, 6) is 0.768. The number of benzene rings is 1. The topological polar surface area (TPSA) is 59.6 Å². The summed E-state index contributed by atoms with van der Waals surface area (Å²) in [4.78, 5) is 14.8. The molecule has 1 amide bonds. The molecule has 5 rings (SSSR count). The Morgan fingerprint density at radius 3 is 2.44 bits per heavy atom. The molecule has 1 aromatic rings. The van der Waals surface area contributed by atoms with Crippen LogP contribution in [0, 0.1) is 13.8 Å². The first-order valence-corrected chi connectivity index (χ1v) is 9.29. The molecule has 2 unspecified atom stereocenters. The molecule has 25 heavy (non-hydrogen) atoms. The molecule has 1 aromatic carbocycles. The summed E-state index contributed by atoms with van der Waals surface area (Å²) < 4.78 is 0. The van der Waals surface area contributed by atoms with Gasteiger partial charge in [-0.05, 0) is 55.7 Å². The highest BCUT2D eigenvalue weighted by Crippen LogP contribution is 2.42. The van der Waals surface area contributed by atoms with Crippen LogP contribution in [0.15, 0.2) is 23.9 Å². The van der Waals surface area contributed by atoms with Crippen LogP contribution in [0.25, 0.3) is 0 Å². The Hall–Kier alpha value is -1.89. The van der Waals surface area contributed by atoms with Gasteiger partial charge in [-0.15, -0.1) is 0 Å². The zero-order valence-corrected chi connectivity index (χ0v) is 14.8. The molecular weight excluding hydrogens is 314 g/mol. The minimum atomic E-state index is -0.138. The molecule has 0 aromatic heterocycles. The van der Waals surface area contributed by atoms with Gasteiger partial charge >= 0.3 is 0 Å². The SMILES string of the molecule is Cc1cc(C2CC2)cc(C)c1N1C=C2C(=O)NC(N3CCC3)NC2N1. The van der Waals surface area contributed by atoms with Crippen molar-refractivity contribution in [1.82, 2.24) is 21.0 Å². The molecule has 3 heterocycles. The number of hydrazine groups is 1. The molecular formula is C19H25N5O. The minimum absolute atomic E-state index is 0.0144. The monoisotopic (exact) mass is 339 g/mol. The highest BCUT2D eigenvalue weighted by molar-refractivity contribution is 5.97. The lowest BCUT2D eigenvalue weighted by Crippen LogP contribution is -2.69. The number of amides is 1. The number of carbonyl (C=O) groups is 1. The van der Waals surface area contributed by atoms with Crippen LogP contribution in [0.5, 0.6) is 0 Å². The average molecular weight is 339 g/mol. The lowest BCUT2D eigenvalue weighted by atomic mass is 10.0. The number of hydrogen-bond donors (Lipinski definition) is 3. The maximum Gasteiger partial charge on any atom is 0.254 e. The Morgan fingerprint density at radius 2 is 1.84 bits per heavy atom. The van der Waals surface area contributed by atoms with Gasteiger partial charge in [0.05, 0.1) is 11.3 Å². The summed E-state index contributed by atoms with van der Waals surface area (Å²) in [5.41, 5.74) is 9.33. The van der Waals surface area contributed by atoms with E-state index in [9.17, 15) is 4.79 Å². The lowest BCUT2D eigenvalue weighted by molar-refractivity contribution is -0.123. The van der Waals surface area contributed by atoms with Gasteiger partial charge in [0, 0.05) is 19.3 Å². The van der Waals surface area contributed by atoms with Crippen LogP contribution >= 0.6 is 0 Å². The first kappa shape index (κ1) is 15.4. The van der Waals surface area contributed by atoms with Crippen molar-refractivity contribution in [2.45, 2.75) is 51.5 Å². The van der Waals surface area contributed by atoms with Crippen molar-refractivity contribution in [3.63, 3.8) is 0 Å². The van der Waals surface area contributed by atoms with Crippen molar-refractivity contribution in [3.8, 4) is 0 Å². The number of nitrogens with zero attached hydrogens (tertiary/aromatic N) is 2. The minimum Gasteiger partial charge on any atom is -0.324 e. The molecule has 6 nitrogen and oxygen atoms in total. The fourth-order valence-electron chi connectivity index (χ4n) is 4.13. The molecule has 1 aliphatic carbocycles. The van der Waals surface area contributed by atoms with E-state index in [2.05, 4.69) is 46.9 Å². The van der Waals surface area contributed by atoms with Gasteiger partial charge < -0.3 is 5.32 Å². The average Bonchev–Trinajstić information content (AvgIpc) is 3.26. The molecule has 132 valence electrons. The van der Waals surface area contributed by atoms with E-state index in [1.165, 1.54) is 36.0 Å². The van der Waals surface area contributed by atoms with E-state index >= 15 is 0 Å². The number of hydrogen-bond acceptors (Lipinski definition) is 5. The van der Waals surface area contributed by atoms with E-state index in [0.717, 1.165) is 30.3 Å². The van der Waals surface area contributed by atoms with Gasteiger partial charge in [0.2, 0.25) is 0 Å². The predicted molar refractivity (Wildman–Crippen MR) is 96.6 cm³/mol. The molecule has 0 spiro atoms. The number of anilines is 1. The zero-order chi connectivity index (χ0) is 17.1. The van der Waals surface area contributed by atoms with Crippen LogP contribution in [0.2, 0.25) is 0 Å². The molecule has 0 bridgehead atoms. The smallest absolute Gasteiger partial charge is 0.254 e. The van der Waals surface area contributed by atoms with Crippen LogP contribution in [0.1, 0.15) is 41.9 Å². The number of likely N-dealkylation sites (tertiary alicyclic amines) is 1. The molecule has 4 aliphatic rings. The number of fused-ring (bicyclic) bond motifs is 1. The van der Waals surface area contributed by atoms with Crippen molar-refractivity contribution in [2.75, 3.05) is 18.1 Å². The van der Waals surface area contributed by atoms with Gasteiger partial charge in [0.25, 0.3) is 5.91 Å². The van der Waals surface area contributed by atoms with Crippen molar-refractivity contribution in [1.29, 1.82) is 0 Å². The quantitative estimate of drug-likeness (QED) is 0.778. The second-order valence-electron chi connectivity index (χ2n) is 7.73. The fraction of sp³-hybridized carbons (Fsp3) is 0.526. The molecule has 3 N–H and O–H groups in total. The van der Waals surface area contributed by atoms with E-state index in [4.69, 9.17) is 0 Å².